The SMILES string of the molecule is CC(/C=C/c1ccccc1)[C@H]1CC[C@H]2[C@@H]3CC=C4C[C@@H](O[Si](C(C)C)(C(C)C)C(C)C)CC[C@]4(C)[C@H]3CC[C@]12C. The molecule has 0 bridgehead atoms. The van der Waals surface area contributed by atoms with Crippen LogP contribution in [0.25, 0.3) is 6.08 Å². The second-order valence-corrected chi connectivity index (χ2v) is 21.3. The van der Waals surface area contributed by atoms with Crippen molar-refractivity contribution in [1.29, 1.82) is 0 Å². The lowest BCUT2D eigenvalue weighted by Gasteiger charge is -2.59. The first kappa shape index (κ1) is 30.3. The van der Waals surface area contributed by atoms with Crippen LogP contribution in [-0.2, 0) is 4.43 Å². The van der Waals surface area contributed by atoms with Crippen molar-refractivity contribution >= 4 is 14.4 Å². The van der Waals surface area contributed by atoms with E-state index in [0.29, 0.717) is 39.5 Å². The maximum atomic E-state index is 7.37. The second kappa shape index (κ2) is 11.5. The van der Waals surface area contributed by atoms with Gasteiger partial charge in [-0.3, -0.25) is 0 Å². The summed E-state index contributed by atoms with van der Waals surface area (Å²) >= 11 is 0. The average molecular weight is 561 g/mol. The zero-order chi connectivity index (χ0) is 28.9. The van der Waals surface area contributed by atoms with Crippen molar-refractivity contribution in [2.75, 3.05) is 0 Å². The van der Waals surface area contributed by atoms with Gasteiger partial charge in [0.1, 0.15) is 0 Å². The third-order valence-corrected chi connectivity index (χ3v) is 19.4. The minimum atomic E-state index is -1.84. The van der Waals surface area contributed by atoms with Crippen molar-refractivity contribution < 1.29 is 4.43 Å². The van der Waals surface area contributed by atoms with Crippen molar-refractivity contribution in [1.82, 2.24) is 0 Å². The molecule has 0 amide bonds. The fourth-order valence-electron chi connectivity index (χ4n) is 11.3. The van der Waals surface area contributed by atoms with E-state index in [1.54, 1.807) is 5.57 Å². The zero-order valence-electron chi connectivity index (χ0n) is 27.4. The molecule has 4 aliphatic rings. The van der Waals surface area contributed by atoms with E-state index >= 15 is 0 Å². The summed E-state index contributed by atoms with van der Waals surface area (Å²) in [4.78, 5) is 0. The minimum absolute atomic E-state index is 0.402. The Labute approximate surface area is 248 Å². The van der Waals surface area contributed by atoms with E-state index < -0.39 is 8.32 Å². The number of hydrogen-bond acceptors (Lipinski definition) is 1. The first-order valence-electron chi connectivity index (χ1n) is 17.0. The smallest absolute Gasteiger partial charge is 0.200 e. The Morgan fingerprint density at radius 3 is 2.15 bits per heavy atom. The summed E-state index contributed by atoms with van der Waals surface area (Å²) < 4.78 is 7.37. The van der Waals surface area contributed by atoms with Crippen LogP contribution in [0.1, 0.15) is 119 Å². The molecule has 0 spiro atoms. The normalized spacial score (nSPS) is 37.0. The van der Waals surface area contributed by atoms with E-state index in [0.717, 1.165) is 23.7 Å². The standard InChI is InChI=1S/C38H60OSi/c1-26(2)40(27(3)4,28(5)6)39-32-21-23-37(8)31(25-32)17-18-33-35-20-19-34(38(35,9)24-22-36(33)37)29(7)15-16-30-13-11-10-12-14-30/h10-17,26-29,32-36H,18-25H2,1-9H3/b16-15+/t29?,32-,33-,34+,35-,36-,37-,38+/m0/s1. The van der Waals surface area contributed by atoms with Gasteiger partial charge in [-0.2, -0.15) is 0 Å². The Hall–Kier alpha value is -1.12. The molecule has 2 heteroatoms. The van der Waals surface area contributed by atoms with Crippen LogP contribution in [0, 0.1) is 40.4 Å². The van der Waals surface area contributed by atoms with Gasteiger partial charge in [-0.25, -0.2) is 0 Å². The molecular weight excluding hydrogens is 501 g/mol. The molecular formula is C38H60OSi. The molecule has 8 atom stereocenters. The van der Waals surface area contributed by atoms with Crippen LogP contribution in [-0.4, -0.2) is 14.4 Å². The third kappa shape index (κ3) is 5.06. The van der Waals surface area contributed by atoms with E-state index in [1.807, 2.05) is 0 Å². The highest BCUT2D eigenvalue weighted by Gasteiger charge is 2.59. The highest BCUT2D eigenvalue weighted by molar-refractivity contribution is 6.77. The van der Waals surface area contributed by atoms with Gasteiger partial charge in [0.05, 0.1) is 0 Å². The summed E-state index contributed by atoms with van der Waals surface area (Å²) in [5.41, 5.74) is 6.02. The lowest BCUT2D eigenvalue weighted by molar-refractivity contribution is -0.0533. The molecule has 0 saturated heterocycles. The lowest BCUT2D eigenvalue weighted by atomic mass is 9.47. The summed E-state index contributed by atoms with van der Waals surface area (Å²) in [6.45, 7) is 22.5. The van der Waals surface area contributed by atoms with Gasteiger partial charge in [0.15, 0.2) is 0 Å². The van der Waals surface area contributed by atoms with Crippen molar-refractivity contribution in [2.45, 2.75) is 136 Å². The molecule has 1 unspecified atom stereocenters. The van der Waals surface area contributed by atoms with Gasteiger partial charge in [-0.05, 0) is 114 Å². The molecule has 1 aromatic carbocycles. The summed E-state index contributed by atoms with van der Waals surface area (Å²) in [7, 11) is -1.84. The molecule has 5 rings (SSSR count). The van der Waals surface area contributed by atoms with Crippen LogP contribution in [0.15, 0.2) is 48.1 Å². The molecule has 3 saturated carbocycles. The number of benzene rings is 1. The second-order valence-electron chi connectivity index (χ2n) is 15.9. The fourth-order valence-corrected chi connectivity index (χ4v) is 16.9. The first-order valence-corrected chi connectivity index (χ1v) is 19.2. The summed E-state index contributed by atoms with van der Waals surface area (Å²) in [5.74, 6) is 4.13. The molecule has 4 aliphatic carbocycles. The Morgan fingerprint density at radius 1 is 0.825 bits per heavy atom. The van der Waals surface area contributed by atoms with Crippen molar-refractivity contribution in [3.05, 3.63) is 53.6 Å². The molecule has 0 aromatic heterocycles. The predicted molar refractivity (Wildman–Crippen MR) is 176 cm³/mol. The highest BCUT2D eigenvalue weighted by Crippen LogP contribution is 2.67. The molecule has 3 fully saturated rings. The van der Waals surface area contributed by atoms with Gasteiger partial charge in [-0.15, -0.1) is 0 Å². The molecule has 0 radical (unpaired) electrons. The van der Waals surface area contributed by atoms with Crippen LogP contribution in [0.2, 0.25) is 16.6 Å². The largest absolute Gasteiger partial charge is 0.413 e. The topological polar surface area (TPSA) is 9.23 Å². The van der Waals surface area contributed by atoms with Gasteiger partial charge in [0.2, 0.25) is 8.32 Å². The van der Waals surface area contributed by atoms with Crippen molar-refractivity contribution in [3.8, 4) is 0 Å². The van der Waals surface area contributed by atoms with E-state index in [9.17, 15) is 0 Å². The minimum Gasteiger partial charge on any atom is -0.413 e. The van der Waals surface area contributed by atoms with Crippen molar-refractivity contribution in [3.63, 3.8) is 0 Å². The van der Waals surface area contributed by atoms with Crippen LogP contribution < -0.4 is 0 Å². The summed E-state index contributed by atoms with van der Waals surface area (Å²) in [6.07, 6.45) is 18.9. The quantitative estimate of drug-likeness (QED) is 0.227. The van der Waals surface area contributed by atoms with E-state index in [2.05, 4.69) is 111 Å². The Balaban J connectivity index is 1.31. The monoisotopic (exact) mass is 560 g/mol. The fraction of sp³-hybridized carbons (Fsp3) is 0.737. The molecule has 40 heavy (non-hydrogen) atoms. The predicted octanol–water partition coefficient (Wildman–Crippen LogP) is 11.5. The number of hydrogen-bond donors (Lipinski definition) is 0. The number of allylic oxidation sites excluding steroid dienone is 2. The van der Waals surface area contributed by atoms with E-state index in [-0.39, 0.29) is 0 Å². The van der Waals surface area contributed by atoms with Gasteiger partial charge in [-0.1, -0.05) is 116 Å². The van der Waals surface area contributed by atoms with E-state index in [1.165, 1.54) is 56.9 Å². The van der Waals surface area contributed by atoms with Crippen LogP contribution in [0.3, 0.4) is 0 Å². The van der Waals surface area contributed by atoms with E-state index in [4.69, 9.17) is 4.43 Å². The molecule has 0 aliphatic heterocycles. The third-order valence-electron chi connectivity index (χ3n) is 13.2. The summed E-state index contributed by atoms with van der Waals surface area (Å²) in [6, 6.07) is 10.9. The number of fused-ring (bicyclic) bond motifs is 5. The zero-order valence-corrected chi connectivity index (χ0v) is 28.4. The maximum absolute atomic E-state index is 7.37. The Kier molecular flexibility index (Phi) is 8.74. The molecule has 0 N–H and O–H groups in total. The lowest BCUT2D eigenvalue weighted by Crippen LogP contribution is -2.53. The highest BCUT2D eigenvalue weighted by atomic mass is 28.4. The average Bonchev–Trinajstić information content (AvgIpc) is 3.27. The Bertz CT molecular complexity index is 1050. The van der Waals surface area contributed by atoms with Gasteiger partial charge < -0.3 is 4.43 Å². The van der Waals surface area contributed by atoms with Crippen LogP contribution in [0.5, 0.6) is 0 Å². The van der Waals surface area contributed by atoms with Crippen LogP contribution >= 0.6 is 0 Å². The van der Waals surface area contributed by atoms with Gasteiger partial charge in [0, 0.05) is 6.10 Å². The number of rotatable bonds is 8. The van der Waals surface area contributed by atoms with Crippen LogP contribution in [0.4, 0.5) is 0 Å². The first-order chi connectivity index (χ1) is 18.9. The molecule has 0 heterocycles. The van der Waals surface area contributed by atoms with Gasteiger partial charge in [0.25, 0.3) is 0 Å². The molecule has 1 nitrogen and oxygen atoms in total. The van der Waals surface area contributed by atoms with Gasteiger partial charge >= 0.3 is 0 Å². The Morgan fingerprint density at radius 2 is 1.50 bits per heavy atom. The molecule has 222 valence electrons. The van der Waals surface area contributed by atoms with Crippen molar-refractivity contribution in [2.24, 2.45) is 40.4 Å². The maximum Gasteiger partial charge on any atom is 0.200 e. The summed E-state index contributed by atoms with van der Waals surface area (Å²) in [5, 5.41) is 0. The molecule has 1 aromatic rings.